The lowest BCUT2D eigenvalue weighted by Gasteiger charge is -2.11. The van der Waals surface area contributed by atoms with Crippen molar-refractivity contribution in [3.05, 3.63) is 33.9 Å². The minimum atomic E-state index is -4.69. The zero-order chi connectivity index (χ0) is 20.4. The molecule has 0 saturated carbocycles. The number of rotatable bonds is 10. The maximum atomic E-state index is 12.6. The summed E-state index contributed by atoms with van der Waals surface area (Å²) in [4.78, 5) is 32.8. The molecule has 0 fully saturated rings. The Bertz CT molecular complexity index is 680. The third kappa shape index (κ3) is 7.92. The van der Waals surface area contributed by atoms with E-state index in [1.807, 2.05) is 6.92 Å². The first-order chi connectivity index (χ1) is 12.6. The predicted molar refractivity (Wildman–Crippen MR) is 90.1 cm³/mol. The Hall–Kier alpha value is -2.85. The molecule has 1 aromatic rings. The van der Waals surface area contributed by atoms with E-state index < -0.39 is 40.8 Å². The monoisotopic (exact) mass is 391 g/mol. The highest BCUT2D eigenvalue weighted by Crippen LogP contribution is 2.34. The molecule has 0 radical (unpaired) electrons. The van der Waals surface area contributed by atoms with Gasteiger partial charge in [0.2, 0.25) is 0 Å². The lowest BCUT2D eigenvalue weighted by atomic mass is 10.1. The van der Waals surface area contributed by atoms with E-state index in [-0.39, 0.29) is 25.2 Å². The van der Waals surface area contributed by atoms with Crippen LogP contribution in [0, 0.1) is 10.1 Å². The summed E-state index contributed by atoms with van der Waals surface area (Å²) in [6.07, 6.45) is -2.98. The fourth-order valence-electron chi connectivity index (χ4n) is 2.00. The molecular weight excluding hydrogens is 371 g/mol. The topological polar surface area (TPSA) is 111 Å². The normalized spacial score (nSPS) is 11.0. The number of hydrogen-bond donors (Lipinski definition) is 2. The maximum Gasteiger partial charge on any atom is 0.416 e. The molecule has 0 aromatic heterocycles. The molecule has 0 unspecified atom stereocenters. The first-order valence-electron chi connectivity index (χ1n) is 8.17. The molecule has 2 N–H and O–H groups in total. The Morgan fingerprint density at radius 2 is 1.96 bits per heavy atom. The number of amides is 1. The van der Waals surface area contributed by atoms with Gasteiger partial charge in [0.25, 0.3) is 11.6 Å². The van der Waals surface area contributed by atoms with Crippen LogP contribution in [0.2, 0.25) is 0 Å². The van der Waals surface area contributed by atoms with Crippen molar-refractivity contribution in [3.8, 4) is 0 Å². The molecular formula is C16H20F3N3O5. The van der Waals surface area contributed by atoms with Crippen molar-refractivity contribution in [3.63, 3.8) is 0 Å². The molecule has 0 aliphatic heterocycles. The quantitative estimate of drug-likeness (QED) is 0.275. The van der Waals surface area contributed by atoms with E-state index in [9.17, 15) is 32.9 Å². The van der Waals surface area contributed by atoms with Gasteiger partial charge in [-0.25, -0.2) is 0 Å². The number of anilines is 1. The molecule has 27 heavy (non-hydrogen) atoms. The number of nitrogens with zero attached hydrogens (tertiary/aromatic N) is 1. The van der Waals surface area contributed by atoms with Crippen LogP contribution >= 0.6 is 0 Å². The van der Waals surface area contributed by atoms with Crippen LogP contribution in [0.1, 0.15) is 31.7 Å². The van der Waals surface area contributed by atoms with E-state index >= 15 is 0 Å². The van der Waals surface area contributed by atoms with Gasteiger partial charge in [0.05, 0.1) is 10.5 Å². The standard InChI is InChI=1S/C16H20F3N3O5/c1-2-3-4-15(24)27-10-14(23)21-8-7-20-12-6-5-11(16(17,18)19)9-13(12)22(25)26/h5-6,9,20H,2-4,7-8,10H2,1H3,(H,21,23). The average molecular weight is 391 g/mol. The van der Waals surface area contributed by atoms with Gasteiger partial charge in [-0.1, -0.05) is 13.3 Å². The smallest absolute Gasteiger partial charge is 0.416 e. The molecule has 150 valence electrons. The first-order valence-corrected chi connectivity index (χ1v) is 8.17. The highest BCUT2D eigenvalue weighted by Gasteiger charge is 2.32. The van der Waals surface area contributed by atoms with Gasteiger partial charge in [-0.3, -0.25) is 19.7 Å². The zero-order valence-corrected chi connectivity index (χ0v) is 14.6. The number of ether oxygens (including phenoxy) is 1. The number of carbonyl (C=O) groups excluding carboxylic acids is 2. The fraction of sp³-hybridized carbons (Fsp3) is 0.500. The summed E-state index contributed by atoms with van der Waals surface area (Å²) in [7, 11) is 0. The number of alkyl halides is 3. The first kappa shape index (κ1) is 22.2. The number of nitrogens with one attached hydrogen (secondary N) is 2. The number of esters is 1. The lowest BCUT2D eigenvalue weighted by Crippen LogP contribution is -2.32. The Morgan fingerprint density at radius 1 is 1.26 bits per heavy atom. The maximum absolute atomic E-state index is 12.6. The van der Waals surface area contributed by atoms with Crippen molar-refractivity contribution in [2.24, 2.45) is 0 Å². The van der Waals surface area contributed by atoms with Crippen LogP contribution in [0.15, 0.2) is 18.2 Å². The summed E-state index contributed by atoms with van der Waals surface area (Å²) in [5.41, 5.74) is -1.95. The van der Waals surface area contributed by atoms with Gasteiger partial charge in [-0.2, -0.15) is 13.2 Å². The summed E-state index contributed by atoms with van der Waals surface area (Å²) >= 11 is 0. The molecule has 0 atom stereocenters. The van der Waals surface area contributed by atoms with Crippen LogP contribution in [-0.4, -0.2) is 36.5 Å². The van der Waals surface area contributed by atoms with Crippen LogP contribution in [0.4, 0.5) is 24.5 Å². The molecule has 0 heterocycles. The van der Waals surface area contributed by atoms with Gasteiger partial charge in [0.15, 0.2) is 6.61 Å². The van der Waals surface area contributed by atoms with E-state index in [2.05, 4.69) is 10.6 Å². The van der Waals surface area contributed by atoms with E-state index in [0.29, 0.717) is 12.5 Å². The SMILES string of the molecule is CCCCC(=O)OCC(=O)NCCNc1ccc(C(F)(F)F)cc1[N+](=O)[O-]. The number of nitro benzene ring substituents is 1. The minimum absolute atomic E-state index is 0.0295. The minimum Gasteiger partial charge on any atom is -0.456 e. The molecule has 0 aliphatic rings. The van der Waals surface area contributed by atoms with Crippen molar-refractivity contribution < 1.29 is 32.4 Å². The number of benzene rings is 1. The van der Waals surface area contributed by atoms with Crippen molar-refractivity contribution in [1.29, 1.82) is 0 Å². The average Bonchev–Trinajstić information content (AvgIpc) is 2.60. The number of halogens is 3. The van der Waals surface area contributed by atoms with Crippen molar-refractivity contribution in [2.75, 3.05) is 25.0 Å². The van der Waals surface area contributed by atoms with Gasteiger partial charge in [0.1, 0.15) is 5.69 Å². The summed E-state index contributed by atoms with van der Waals surface area (Å²) in [5, 5.41) is 16.0. The Morgan fingerprint density at radius 3 is 2.56 bits per heavy atom. The van der Waals surface area contributed by atoms with Crippen molar-refractivity contribution >= 4 is 23.3 Å². The third-order valence-corrected chi connectivity index (χ3v) is 3.38. The van der Waals surface area contributed by atoms with Crippen LogP contribution in [0.3, 0.4) is 0 Å². The van der Waals surface area contributed by atoms with Crippen molar-refractivity contribution in [2.45, 2.75) is 32.4 Å². The summed E-state index contributed by atoms with van der Waals surface area (Å²) in [5.74, 6) is -1.03. The molecule has 0 aliphatic carbocycles. The Balaban J connectivity index is 2.46. The molecule has 1 amide bonds. The van der Waals surface area contributed by atoms with E-state index in [4.69, 9.17) is 4.74 Å². The molecule has 11 heteroatoms. The van der Waals surface area contributed by atoms with E-state index in [1.165, 1.54) is 0 Å². The second-order valence-corrected chi connectivity index (χ2v) is 5.53. The Labute approximate surface area is 153 Å². The molecule has 8 nitrogen and oxygen atoms in total. The fourth-order valence-corrected chi connectivity index (χ4v) is 2.00. The van der Waals surface area contributed by atoms with E-state index in [0.717, 1.165) is 18.6 Å². The number of carbonyl (C=O) groups is 2. The van der Waals surface area contributed by atoms with Crippen LogP contribution in [0.25, 0.3) is 0 Å². The van der Waals surface area contributed by atoms with Crippen LogP contribution in [-0.2, 0) is 20.5 Å². The van der Waals surface area contributed by atoms with Gasteiger partial charge in [0, 0.05) is 25.6 Å². The second kappa shape index (κ2) is 10.3. The third-order valence-electron chi connectivity index (χ3n) is 3.38. The molecule has 0 saturated heterocycles. The van der Waals surface area contributed by atoms with Gasteiger partial charge < -0.3 is 15.4 Å². The van der Waals surface area contributed by atoms with Crippen LogP contribution < -0.4 is 10.6 Å². The molecule has 1 aromatic carbocycles. The Kier molecular flexibility index (Phi) is 8.49. The highest BCUT2D eigenvalue weighted by atomic mass is 19.4. The number of hydrogen-bond acceptors (Lipinski definition) is 6. The highest BCUT2D eigenvalue weighted by molar-refractivity contribution is 5.80. The second-order valence-electron chi connectivity index (χ2n) is 5.53. The lowest BCUT2D eigenvalue weighted by molar-refractivity contribution is -0.384. The molecule has 0 bridgehead atoms. The van der Waals surface area contributed by atoms with E-state index in [1.54, 1.807) is 0 Å². The number of unbranched alkanes of at least 4 members (excludes halogenated alkanes) is 1. The molecule has 0 spiro atoms. The van der Waals surface area contributed by atoms with Crippen molar-refractivity contribution in [1.82, 2.24) is 5.32 Å². The van der Waals surface area contributed by atoms with Gasteiger partial charge in [-0.05, 0) is 18.6 Å². The summed E-state index contributed by atoms with van der Waals surface area (Å²) in [6, 6.07) is 2.12. The van der Waals surface area contributed by atoms with Crippen LogP contribution in [0.5, 0.6) is 0 Å². The largest absolute Gasteiger partial charge is 0.456 e. The van der Waals surface area contributed by atoms with Gasteiger partial charge >= 0.3 is 12.1 Å². The summed E-state index contributed by atoms with van der Waals surface area (Å²) in [6.45, 7) is 1.53. The van der Waals surface area contributed by atoms with Gasteiger partial charge in [-0.15, -0.1) is 0 Å². The molecule has 1 rings (SSSR count). The predicted octanol–water partition coefficient (Wildman–Crippen LogP) is 2.88. The number of nitro groups is 1. The summed E-state index contributed by atoms with van der Waals surface area (Å²) < 4.78 is 42.6. The zero-order valence-electron chi connectivity index (χ0n) is 14.6.